The number of carboxylic acids is 1. The van der Waals surface area contributed by atoms with Crippen molar-refractivity contribution < 1.29 is 15.0 Å². The van der Waals surface area contributed by atoms with E-state index in [1.165, 1.54) is 0 Å². The van der Waals surface area contributed by atoms with E-state index in [4.69, 9.17) is 4.98 Å². The van der Waals surface area contributed by atoms with Crippen molar-refractivity contribution in [3.8, 4) is 16.8 Å². The first-order valence-electron chi connectivity index (χ1n) is 11.4. The highest BCUT2D eigenvalue weighted by Crippen LogP contribution is 2.37. The fourth-order valence-electron chi connectivity index (χ4n) is 4.12. The molecule has 3 aromatic carbocycles. The van der Waals surface area contributed by atoms with E-state index in [0.717, 1.165) is 51.8 Å². The molecule has 174 valence electrons. The van der Waals surface area contributed by atoms with Gasteiger partial charge in [0.25, 0.3) is 0 Å². The predicted molar refractivity (Wildman–Crippen MR) is 136 cm³/mol. The molecule has 0 spiro atoms. The number of nitrogens with zero attached hydrogens (tertiary/aromatic N) is 2. The summed E-state index contributed by atoms with van der Waals surface area (Å²) in [5.41, 5.74) is 4.38. The Bertz CT molecular complexity index is 1300. The third-order valence-corrected chi connectivity index (χ3v) is 6.95. The molecule has 0 aliphatic carbocycles. The molecule has 4 aromatic rings. The van der Waals surface area contributed by atoms with E-state index in [1.54, 1.807) is 23.9 Å². The van der Waals surface area contributed by atoms with Crippen molar-refractivity contribution in [1.82, 2.24) is 9.55 Å². The van der Waals surface area contributed by atoms with Crippen molar-refractivity contribution in [1.29, 1.82) is 0 Å². The highest BCUT2D eigenvalue weighted by atomic mass is 32.2. The summed E-state index contributed by atoms with van der Waals surface area (Å²) in [5, 5.41) is 20.8. The molecule has 0 saturated heterocycles. The van der Waals surface area contributed by atoms with Crippen molar-refractivity contribution in [2.24, 2.45) is 0 Å². The van der Waals surface area contributed by atoms with Gasteiger partial charge in [-0.1, -0.05) is 73.6 Å². The summed E-state index contributed by atoms with van der Waals surface area (Å²) >= 11 is 1.58. The lowest BCUT2D eigenvalue weighted by atomic mass is 9.95. The third-order valence-electron chi connectivity index (χ3n) is 5.83. The van der Waals surface area contributed by atoms with Crippen molar-refractivity contribution in [2.75, 3.05) is 0 Å². The monoisotopic (exact) mass is 472 g/mol. The molecule has 4 rings (SSSR count). The number of rotatable bonds is 9. The maximum Gasteiger partial charge on any atom is 0.336 e. The number of benzene rings is 3. The van der Waals surface area contributed by atoms with Gasteiger partial charge in [-0.05, 0) is 54.3 Å². The zero-order valence-corrected chi connectivity index (χ0v) is 20.2. The van der Waals surface area contributed by atoms with E-state index in [1.807, 2.05) is 67.6 Å². The van der Waals surface area contributed by atoms with Crippen LogP contribution < -0.4 is 0 Å². The Balaban J connectivity index is 1.93. The molecular weight excluding hydrogens is 444 g/mol. The van der Waals surface area contributed by atoms with Gasteiger partial charge in [0.2, 0.25) is 0 Å². The number of aryl methyl sites for hydroxylation is 1. The maximum absolute atomic E-state index is 11.9. The Hall–Kier alpha value is -3.35. The molecular formula is C28H28N2O3S. The second kappa shape index (κ2) is 10.7. The van der Waals surface area contributed by atoms with E-state index in [9.17, 15) is 15.0 Å². The van der Waals surface area contributed by atoms with Crippen LogP contribution >= 0.6 is 11.8 Å². The van der Waals surface area contributed by atoms with Gasteiger partial charge in [0.15, 0.2) is 0 Å². The molecule has 1 heterocycles. The van der Waals surface area contributed by atoms with Gasteiger partial charge in [0.05, 0.1) is 23.6 Å². The number of imidazole rings is 1. The Kier molecular flexibility index (Phi) is 7.50. The molecule has 0 radical (unpaired) electrons. The van der Waals surface area contributed by atoms with E-state index < -0.39 is 5.97 Å². The van der Waals surface area contributed by atoms with Crippen LogP contribution in [-0.4, -0.2) is 25.7 Å². The third kappa shape index (κ3) is 4.79. The maximum atomic E-state index is 11.9. The first-order chi connectivity index (χ1) is 16.5. The number of aromatic nitrogens is 2. The fourth-order valence-corrected chi connectivity index (χ4v) is 5.16. The lowest BCUT2D eigenvalue weighted by Gasteiger charge is -2.18. The standard InChI is InChI=1S/C28H28N2O3S/c1-3-4-17-26-29-24(18-31)27(34-20-11-6-5-7-12-20)30(26)25-16-10-15-21(19(25)2)22-13-8-9-14-23(22)28(32)33/h5-16,31H,3-4,17-18H2,1-2H3,(H,32,33). The van der Waals surface area contributed by atoms with Crippen LogP contribution in [0.25, 0.3) is 16.8 Å². The number of aromatic carboxylic acids is 1. The number of unbranched alkanes of at least 4 members (excludes halogenated alkanes) is 1. The molecule has 1 aromatic heterocycles. The highest BCUT2D eigenvalue weighted by Gasteiger charge is 2.22. The Morgan fingerprint density at radius 2 is 1.68 bits per heavy atom. The van der Waals surface area contributed by atoms with Gasteiger partial charge in [0, 0.05) is 11.3 Å². The SMILES string of the molecule is CCCCc1nc(CO)c(Sc2ccccc2)n1-c1cccc(-c2ccccc2C(=O)O)c1C. The van der Waals surface area contributed by atoms with Gasteiger partial charge >= 0.3 is 5.97 Å². The molecule has 0 fully saturated rings. The summed E-state index contributed by atoms with van der Waals surface area (Å²) < 4.78 is 2.14. The molecule has 6 heteroatoms. The number of aliphatic hydroxyl groups is 1. The highest BCUT2D eigenvalue weighted by molar-refractivity contribution is 7.99. The van der Waals surface area contributed by atoms with Crippen LogP contribution in [0.1, 0.15) is 47.2 Å². The van der Waals surface area contributed by atoms with E-state index in [0.29, 0.717) is 11.3 Å². The zero-order valence-electron chi connectivity index (χ0n) is 19.4. The van der Waals surface area contributed by atoms with Gasteiger partial charge < -0.3 is 10.2 Å². The summed E-state index contributed by atoms with van der Waals surface area (Å²) in [5.74, 6) is -0.0503. The van der Waals surface area contributed by atoms with Gasteiger partial charge in [-0.15, -0.1) is 0 Å². The van der Waals surface area contributed by atoms with Crippen LogP contribution in [0.2, 0.25) is 0 Å². The average Bonchev–Trinajstić information content (AvgIpc) is 3.20. The summed E-state index contributed by atoms with van der Waals surface area (Å²) in [7, 11) is 0. The van der Waals surface area contributed by atoms with Crippen LogP contribution in [0.4, 0.5) is 0 Å². The first-order valence-corrected chi connectivity index (χ1v) is 12.2. The van der Waals surface area contributed by atoms with Crippen LogP contribution in [0, 0.1) is 6.92 Å². The van der Waals surface area contributed by atoms with Crippen molar-refractivity contribution >= 4 is 17.7 Å². The topological polar surface area (TPSA) is 75.4 Å². The Morgan fingerprint density at radius 1 is 0.971 bits per heavy atom. The quantitative estimate of drug-likeness (QED) is 0.290. The lowest BCUT2D eigenvalue weighted by molar-refractivity contribution is 0.0697. The van der Waals surface area contributed by atoms with Gasteiger partial charge in [-0.2, -0.15) is 0 Å². The van der Waals surface area contributed by atoms with Gasteiger partial charge in [0.1, 0.15) is 10.9 Å². The smallest absolute Gasteiger partial charge is 0.336 e. The number of hydrogen-bond acceptors (Lipinski definition) is 4. The fraction of sp³-hybridized carbons (Fsp3) is 0.214. The number of hydrogen-bond donors (Lipinski definition) is 2. The summed E-state index contributed by atoms with van der Waals surface area (Å²) in [6.45, 7) is 4.01. The van der Waals surface area contributed by atoms with Crippen molar-refractivity contribution in [3.63, 3.8) is 0 Å². The van der Waals surface area contributed by atoms with Crippen LogP contribution in [0.3, 0.4) is 0 Å². The van der Waals surface area contributed by atoms with Crippen LogP contribution in [0.5, 0.6) is 0 Å². The van der Waals surface area contributed by atoms with E-state index in [2.05, 4.69) is 11.5 Å². The molecule has 5 nitrogen and oxygen atoms in total. The predicted octanol–water partition coefficient (Wildman–Crippen LogP) is 6.53. The molecule has 0 bridgehead atoms. The minimum absolute atomic E-state index is 0.151. The number of carbonyl (C=O) groups is 1. The summed E-state index contributed by atoms with van der Waals surface area (Å²) in [6, 6.07) is 23.1. The molecule has 0 aliphatic rings. The number of carboxylic acid groups (broad SMARTS) is 1. The first kappa shape index (κ1) is 23.8. The molecule has 2 N–H and O–H groups in total. The molecule has 0 atom stereocenters. The molecule has 0 saturated carbocycles. The Morgan fingerprint density at radius 3 is 2.38 bits per heavy atom. The zero-order chi connectivity index (χ0) is 24.1. The average molecular weight is 473 g/mol. The second-order valence-corrected chi connectivity index (χ2v) is 9.15. The summed E-state index contributed by atoms with van der Waals surface area (Å²) in [4.78, 5) is 17.8. The van der Waals surface area contributed by atoms with Gasteiger partial charge in [-0.3, -0.25) is 4.57 Å². The van der Waals surface area contributed by atoms with Crippen LogP contribution in [-0.2, 0) is 13.0 Å². The van der Waals surface area contributed by atoms with Crippen molar-refractivity contribution in [2.45, 2.75) is 49.6 Å². The largest absolute Gasteiger partial charge is 0.478 e. The van der Waals surface area contributed by atoms with Crippen molar-refractivity contribution in [3.05, 3.63) is 95.4 Å². The van der Waals surface area contributed by atoms with E-state index in [-0.39, 0.29) is 12.2 Å². The lowest BCUT2D eigenvalue weighted by Crippen LogP contribution is -2.07. The van der Waals surface area contributed by atoms with E-state index >= 15 is 0 Å². The number of aliphatic hydroxyl groups excluding tert-OH is 1. The molecule has 0 unspecified atom stereocenters. The minimum atomic E-state index is -0.949. The Labute approximate surface area is 204 Å². The van der Waals surface area contributed by atoms with Crippen LogP contribution in [0.15, 0.2) is 82.7 Å². The molecule has 34 heavy (non-hydrogen) atoms. The molecule has 0 aliphatic heterocycles. The minimum Gasteiger partial charge on any atom is -0.478 e. The summed E-state index contributed by atoms with van der Waals surface area (Å²) in [6.07, 6.45) is 2.81. The molecule has 0 amide bonds. The van der Waals surface area contributed by atoms with Gasteiger partial charge in [-0.25, -0.2) is 9.78 Å². The normalized spacial score (nSPS) is 11.0. The second-order valence-electron chi connectivity index (χ2n) is 8.09.